The van der Waals surface area contributed by atoms with Crippen molar-refractivity contribution in [2.75, 3.05) is 13.1 Å². The number of hydrogen-bond acceptors (Lipinski definition) is 2. The van der Waals surface area contributed by atoms with Gasteiger partial charge >= 0.3 is 0 Å². The molecule has 3 heteroatoms. The standard InChI is InChI=1S/C18H27FN2.C9H12.C2H4.CH4/c1-4-12-21(13-5-2)14-17-8-6-16(7-9-17)10-11-18(19)15(3)20;1-3-9-7-5-4-6-8(9)2;1-2;/h6-9,11,20H,4-5,10,12-14H2,1-3H3;4-7H,3H2,1-2H3;1-2H2;1H4/b18-11+,20-15?;;;. The third kappa shape index (κ3) is 14.3. The Hall–Kier alpha value is -2.52. The van der Waals surface area contributed by atoms with E-state index in [2.05, 4.69) is 94.3 Å². The lowest BCUT2D eigenvalue weighted by Gasteiger charge is -2.21. The molecule has 2 rings (SSSR count). The molecular weight excluding hydrogens is 407 g/mol. The Morgan fingerprint density at radius 3 is 1.88 bits per heavy atom. The second kappa shape index (κ2) is 20.1. The van der Waals surface area contributed by atoms with Crippen LogP contribution in [0.5, 0.6) is 0 Å². The predicted molar refractivity (Wildman–Crippen MR) is 147 cm³/mol. The summed E-state index contributed by atoms with van der Waals surface area (Å²) in [6.07, 6.45) is 5.50. The number of nitrogens with zero attached hydrogens (tertiary/aromatic N) is 1. The summed E-state index contributed by atoms with van der Waals surface area (Å²) in [5.41, 5.74) is 5.22. The molecule has 1 N–H and O–H groups in total. The van der Waals surface area contributed by atoms with Crippen molar-refractivity contribution < 1.29 is 4.39 Å². The van der Waals surface area contributed by atoms with E-state index >= 15 is 0 Å². The lowest BCUT2D eigenvalue weighted by molar-refractivity contribution is 0.266. The maximum atomic E-state index is 13.3. The van der Waals surface area contributed by atoms with Gasteiger partial charge in [-0.15, -0.1) is 13.2 Å². The first-order chi connectivity index (χ1) is 15.4. The molecule has 0 aliphatic rings. The Morgan fingerprint density at radius 1 is 0.939 bits per heavy atom. The Morgan fingerprint density at radius 2 is 1.45 bits per heavy atom. The number of aryl methyl sites for hydroxylation is 2. The minimum atomic E-state index is -0.434. The molecule has 0 amide bonds. The molecule has 2 aromatic carbocycles. The highest BCUT2D eigenvalue weighted by molar-refractivity contribution is 5.93. The first kappa shape index (κ1) is 32.7. The van der Waals surface area contributed by atoms with E-state index in [0.29, 0.717) is 6.42 Å². The van der Waals surface area contributed by atoms with Gasteiger partial charge in [-0.1, -0.05) is 76.7 Å². The zero-order valence-corrected chi connectivity index (χ0v) is 20.9. The number of hydrogen-bond donors (Lipinski definition) is 1. The van der Waals surface area contributed by atoms with Crippen molar-refractivity contribution in [2.45, 2.75) is 74.3 Å². The van der Waals surface area contributed by atoms with Crippen molar-refractivity contribution in [1.82, 2.24) is 4.90 Å². The van der Waals surface area contributed by atoms with E-state index in [9.17, 15) is 4.39 Å². The average Bonchev–Trinajstić information content (AvgIpc) is 2.81. The van der Waals surface area contributed by atoms with Gasteiger partial charge < -0.3 is 5.41 Å². The lowest BCUT2D eigenvalue weighted by Crippen LogP contribution is -2.24. The maximum Gasteiger partial charge on any atom is 0.139 e. The summed E-state index contributed by atoms with van der Waals surface area (Å²) in [5.74, 6) is -0.434. The van der Waals surface area contributed by atoms with E-state index in [1.165, 1.54) is 42.5 Å². The van der Waals surface area contributed by atoms with Crippen LogP contribution in [0.4, 0.5) is 4.39 Å². The van der Waals surface area contributed by atoms with Gasteiger partial charge in [0.1, 0.15) is 5.83 Å². The molecule has 0 saturated heterocycles. The van der Waals surface area contributed by atoms with Gasteiger partial charge in [-0.2, -0.15) is 0 Å². The Balaban J connectivity index is 0. The molecule has 0 atom stereocenters. The molecule has 2 nitrogen and oxygen atoms in total. The molecule has 0 saturated carbocycles. The van der Waals surface area contributed by atoms with Crippen LogP contribution in [-0.4, -0.2) is 23.7 Å². The quantitative estimate of drug-likeness (QED) is 0.282. The predicted octanol–water partition coefficient (Wildman–Crippen LogP) is 8.74. The Labute approximate surface area is 203 Å². The number of benzene rings is 2. The lowest BCUT2D eigenvalue weighted by atomic mass is 10.1. The Kier molecular flexibility index (Phi) is 19.9. The van der Waals surface area contributed by atoms with Crippen LogP contribution in [0.1, 0.15) is 70.2 Å². The van der Waals surface area contributed by atoms with Crippen LogP contribution in [-0.2, 0) is 19.4 Å². The molecule has 0 unspecified atom stereocenters. The van der Waals surface area contributed by atoms with Gasteiger partial charge in [0.15, 0.2) is 0 Å². The summed E-state index contributed by atoms with van der Waals surface area (Å²) in [6, 6.07) is 16.8. The molecule has 0 radical (unpaired) electrons. The smallest absolute Gasteiger partial charge is 0.139 e. The summed E-state index contributed by atoms with van der Waals surface area (Å²) < 4.78 is 13.3. The van der Waals surface area contributed by atoms with E-state index < -0.39 is 5.83 Å². The molecule has 0 aromatic heterocycles. The van der Waals surface area contributed by atoms with E-state index in [0.717, 1.165) is 31.6 Å². The first-order valence-corrected chi connectivity index (χ1v) is 11.7. The van der Waals surface area contributed by atoms with Gasteiger partial charge in [-0.3, -0.25) is 4.90 Å². The molecule has 0 aliphatic carbocycles. The van der Waals surface area contributed by atoms with Crippen molar-refractivity contribution in [3.8, 4) is 0 Å². The minimum Gasteiger partial charge on any atom is -0.303 e. The summed E-state index contributed by atoms with van der Waals surface area (Å²) in [5, 5.41) is 7.21. The van der Waals surface area contributed by atoms with Crippen molar-refractivity contribution in [1.29, 1.82) is 5.41 Å². The second-order valence-electron chi connectivity index (χ2n) is 7.75. The summed E-state index contributed by atoms with van der Waals surface area (Å²) in [7, 11) is 0. The summed E-state index contributed by atoms with van der Waals surface area (Å²) in [6.45, 7) is 19.4. The fourth-order valence-electron chi connectivity index (χ4n) is 3.31. The third-order valence-electron chi connectivity index (χ3n) is 5.03. The number of nitrogens with one attached hydrogen (secondary N) is 1. The molecule has 0 heterocycles. The van der Waals surface area contributed by atoms with Gasteiger partial charge in [-0.25, -0.2) is 4.39 Å². The van der Waals surface area contributed by atoms with Gasteiger partial charge in [0.2, 0.25) is 0 Å². The minimum absolute atomic E-state index is 0. The highest BCUT2D eigenvalue weighted by Crippen LogP contribution is 2.11. The molecule has 0 aliphatic heterocycles. The monoisotopic (exact) mass is 454 g/mol. The number of allylic oxidation sites excluding steroid dienone is 2. The second-order valence-corrected chi connectivity index (χ2v) is 7.75. The first-order valence-electron chi connectivity index (χ1n) is 11.7. The van der Waals surface area contributed by atoms with E-state index in [1.807, 2.05) is 0 Å². The topological polar surface area (TPSA) is 27.1 Å². The van der Waals surface area contributed by atoms with Gasteiger partial charge in [0.25, 0.3) is 0 Å². The molecule has 33 heavy (non-hydrogen) atoms. The highest BCUT2D eigenvalue weighted by Gasteiger charge is 2.04. The van der Waals surface area contributed by atoms with Crippen LogP contribution >= 0.6 is 0 Å². The van der Waals surface area contributed by atoms with Crippen molar-refractivity contribution >= 4 is 5.71 Å². The number of halogens is 1. The fourth-order valence-corrected chi connectivity index (χ4v) is 3.31. The van der Waals surface area contributed by atoms with Crippen LogP contribution in [0.3, 0.4) is 0 Å². The van der Waals surface area contributed by atoms with Crippen molar-refractivity contribution in [3.63, 3.8) is 0 Å². The van der Waals surface area contributed by atoms with Crippen LogP contribution in [0.25, 0.3) is 0 Å². The van der Waals surface area contributed by atoms with E-state index in [-0.39, 0.29) is 13.1 Å². The zero-order valence-electron chi connectivity index (χ0n) is 20.9. The average molecular weight is 455 g/mol. The van der Waals surface area contributed by atoms with Gasteiger partial charge in [-0.05, 0) is 81.0 Å². The van der Waals surface area contributed by atoms with Gasteiger partial charge in [0.05, 0.1) is 5.71 Å². The molecular formula is C30H47FN2. The third-order valence-corrected chi connectivity index (χ3v) is 5.03. The molecule has 0 fully saturated rings. The van der Waals surface area contributed by atoms with Gasteiger partial charge in [0, 0.05) is 6.54 Å². The molecule has 184 valence electrons. The maximum absolute atomic E-state index is 13.3. The zero-order chi connectivity index (χ0) is 24.4. The van der Waals surface area contributed by atoms with Crippen LogP contribution in [0.2, 0.25) is 0 Å². The molecule has 0 bridgehead atoms. The van der Waals surface area contributed by atoms with E-state index in [1.54, 1.807) is 0 Å². The van der Waals surface area contributed by atoms with Crippen molar-refractivity contribution in [3.05, 3.63) is 95.8 Å². The number of rotatable bonds is 10. The van der Waals surface area contributed by atoms with Crippen LogP contribution in [0.15, 0.2) is 73.6 Å². The van der Waals surface area contributed by atoms with Crippen molar-refractivity contribution in [2.24, 2.45) is 0 Å². The van der Waals surface area contributed by atoms with E-state index in [4.69, 9.17) is 5.41 Å². The Bertz CT molecular complexity index is 787. The fraction of sp³-hybridized carbons (Fsp3) is 0.433. The summed E-state index contributed by atoms with van der Waals surface area (Å²) in [4.78, 5) is 2.47. The SMILES string of the molecule is C.C=C.CCCN(CCC)Cc1ccc(C/C=C(/F)C(C)=N)cc1.CCc1ccccc1C. The highest BCUT2D eigenvalue weighted by atomic mass is 19.1. The van der Waals surface area contributed by atoms with Crippen LogP contribution in [0, 0.1) is 12.3 Å². The largest absolute Gasteiger partial charge is 0.303 e. The molecule has 2 aromatic rings. The summed E-state index contributed by atoms with van der Waals surface area (Å²) >= 11 is 0. The molecule has 0 spiro atoms. The normalized spacial score (nSPS) is 10.3. The van der Waals surface area contributed by atoms with Crippen LogP contribution < -0.4 is 0 Å².